The number of ether oxygens (including phenoxy) is 1. The number of aryl methyl sites for hydroxylation is 3. The number of nitrogens with one attached hydrogen (secondary N) is 1. The third kappa shape index (κ3) is 4.87. The number of carbonyl (C=O) groups excluding carboxylic acids is 2. The quantitative estimate of drug-likeness (QED) is 0.874. The topological polar surface area (TPSA) is 84.7 Å². The van der Waals surface area contributed by atoms with Crippen LogP contribution in [-0.2, 0) is 9.59 Å². The van der Waals surface area contributed by atoms with Gasteiger partial charge in [0.1, 0.15) is 11.5 Å². The Hall–Kier alpha value is -2.83. The molecule has 0 saturated carbocycles. The summed E-state index contributed by atoms with van der Waals surface area (Å²) >= 11 is 0. The number of amides is 2. The highest BCUT2D eigenvalue weighted by Gasteiger charge is 2.28. The number of hydrogen-bond donors (Lipinski definition) is 1. The molecule has 1 aromatic heterocycles. The number of anilines is 1. The van der Waals surface area contributed by atoms with Crippen molar-refractivity contribution in [2.24, 2.45) is 5.92 Å². The molecule has 2 heterocycles. The maximum absolute atomic E-state index is 12.4. The largest absolute Gasteiger partial charge is 0.484 e. The number of aromatic nitrogens is 1. The molecule has 0 atom stereocenters. The van der Waals surface area contributed by atoms with Crippen LogP contribution in [0.4, 0.5) is 5.82 Å². The maximum Gasteiger partial charge on any atom is 0.260 e. The Kier molecular flexibility index (Phi) is 5.78. The van der Waals surface area contributed by atoms with E-state index in [0.29, 0.717) is 37.5 Å². The first kappa shape index (κ1) is 18.9. The minimum absolute atomic E-state index is 0.0129. The molecule has 7 nitrogen and oxygen atoms in total. The van der Waals surface area contributed by atoms with Gasteiger partial charge in [0.2, 0.25) is 5.91 Å². The van der Waals surface area contributed by atoms with Crippen LogP contribution in [0.5, 0.6) is 5.75 Å². The summed E-state index contributed by atoms with van der Waals surface area (Å²) in [6, 6.07) is 7.56. The van der Waals surface area contributed by atoms with Gasteiger partial charge in [-0.15, -0.1) is 0 Å². The fourth-order valence-corrected chi connectivity index (χ4v) is 3.24. The first-order valence-corrected chi connectivity index (χ1v) is 9.14. The predicted molar refractivity (Wildman–Crippen MR) is 101 cm³/mol. The second-order valence-electron chi connectivity index (χ2n) is 7.02. The third-order valence-corrected chi connectivity index (χ3v) is 4.78. The van der Waals surface area contributed by atoms with E-state index in [1.807, 2.05) is 32.0 Å². The molecule has 1 saturated heterocycles. The van der Waals surface area contributed by atoms with Crippen LogP contribution in [0.15, 0.2) is 28.8 Å². The van der Waals surface area contributed by atoms with Gasteiger partial charge in [0.25, 0.3) is 5.91 Å². The van der Waals surface area contributed by atoms with Crippen molar-refractivity contribution < 1.29 is 18.8 Å². The molecule has 0 aliphatic carbocycles. The normalized spacial score (nSPS) is 14.9. The smallest absolute Gasteiger partial charge is 0.260 e. The monoisotopic (exact) mass is 371 g/mol. The average Bonchev–Trinajstić information content (AvgIpc) is 3.05. The van der Waals surface area contributed by atoms with Crippen molar-refractivity contribution in [2.75, 3.05) is 25.0 Å². The zero-order valence-electron chi connectivity index (χ0n) is 15.9. The molecule has 1 N–H and O–H groups in total. The molecule has 1 aliphatic heterocycles. The minimum Gasteiger partial charge on any atom is -0.484 e. The van der Waals surface area contributed by atoms with E-state index < -0.39 is 0 Å². The number of likely N-dealkylation sites (tertiary alicyclic amines) is 1. The van der Waals surface area contributed by atoms with Crippen LogP contribution in [0.25, 0.3) is 0 Å². The molecular weight excluding hydrogens is 346 g/mol. The lowest BCUT2D eigenvalue weighted by atomic mass is 9.96. The second-order valence-corrected chi connectivity index (χ2v) is 7.02. The number of hydrogen-bond acceptors (Lipinski definition) is 5. The van der Waals surface area contributed by atoms with Crippen molar-refractivity contribution in [1.82, 2.24) is 10.1 Å². The summed E-state index contributed by atoms with van der Waals surface area (Å²) in [5.41, 5.74) is 2.17. The highest BCUT2D eigenvalue weighted by Crippen LogP contribution is 2.21. The SMILES string of the molecule is Cc1ccc(OCC(=O)N2CCC(C(=O)Nc3cc(C)on3)CC2)c(C)c1. The van der Waals surface area contributed by atoms with E-state index >= 15 is 0 Å². The Morgan fingerprint density at radius 3 is 2.59 bits per heavy atom. The second kappa shape index (κ2) is 8.24. The van der Waals surface area contributed by atoms with Crippen LogP contribution in [0.2, 0.25) is 0 Å². The fraction of sp³-hybridized carbons (Fsp3) is 0.450. The van der Waals surface area contributed by atoms with E-state index in [2.05, 4.69) is 10.5 Å². The lowest BCUT2D eigenvalue weighted by Gasteiger charge is -2.31. The van der Waals surface area contributed by atoms with Crippen molar-refractivity contribution in [2.45, 2.75) is 33.6 Å². The van der Waals surface area contributed by atoms with Crippen molar-refractivity contribution in [1.29, 1.82) is 0 Å². The zero-order valence-corrected chi connectivity index (χ0v) is 15.9. The summed E-state index contributed by atoms with van der Waals surface area (Å²) in [5.74, 6) is 1.53. The molecule has 1 aliphatic rings. The lowest BCUT2D eigenvalue weighted by Crippen LogP contribution is -2.43. The molecule has 144 valence electrons. The molecule has 1 fully saturated rings. The number of piperidine rings is 1. The van der Waals surface area contributed by atoms with E-state index in [4.69, 9.17) is 9.26 Å². The first-order valence-electron chi connectivity index (χ1n) is 9.14. The molecule has 2 aromatic rings. The summed E-state index contributed by atoms with van der Waals surface area (Å²) in [4.78, 5) is 26.5. The van der Waals surface area contributed by atoms with E-state index in [1.54, 1.807) is 17.9 Å². The van der Waals surface area contributed by atoms with Gasteiger partial charge in [-0.3, -0.25) is 9.59 Å². The van der Waals surface area contributed by atoms with Crippen molar-refractivity contribution in [3.63, 3.8) is 0 Å². The average molecular weight is 371 g/mol. The number of carbonyl (C=O) groups is 2. The lowest BCUT2D eigenvalue weighted by molar-refractivity contribution is -0.136. The highest BCUT2D eigenvalue weighted by molar-refractivity contribution is 5.91. The zero-order chi connectivity index (χ0) is 19.4. The van der Waals surface area contributed by atoms with Gasteiger partial charge in [-0.2, -0.15) is 0 Å². The molecule has 7 heteroatoms. The molecular formula is C20H25N3O4. The van der Waals surface area contributed by atoms with Gasteiger partial charge in [0.15, 0.2) is 12.4 Å². The fourth-order valence-electron chi connectivity index (χ4n) is 3.24. The summed E-state index contributed by atoms with van der Waals surface area (Å²) in [5, 5.41) is 6.53. The van der Waals surface area contributed by atoms with E-state index in [9.17, 15) is 9.59 Å². The Balaban J connectivity index is 1.45. The van der Waals surface area contributed by atoms with Crippen LogP contribution in [0.3, 0.4) is 0 Å². The molecule has 3 rings (SSSR count). The minimum atomic E-state index is -0.133. The van der Waals surface area contributed by atoms with Crippen LogP contribution in [0.1, 0.15) is 29.7 Å². The van der Waals surface area contributed by atoms with Crippen molar-refractivity contribution in [3.8, 4) is 5.75 Å². The van der Waals surface area contributed by atoms with Gasteiger partial charge >= 0.3 is 0 Å². The van der Waals surface area contributed by atoms with Crippen LogP contribution in [0, 0.1) is 26.7 Å². The van der Waals surface area contributed by atoms with Crippen molar-refractivity contribution in [3.05, 3.63) is 41.2 Å². The van der Waals surface area contributed by atoms with E-state index in [-0.39, 0.29) is 24.3 Å². The standard InChI is InChI=1S/C20H25N3O4/c1-13-4-5-17(14(2)10-13)26-12-19(24)23-8-6-16(7-9-23)20(25)21-18-11-15(3)27-22-18/h4-5,10-11,16H,6-9,12H2,1-3H3,(H,21,22,25). The van der Waals surface area contributed by atoms with Crippen LogP contribution in [-0.4, -0.2) is 41.6 Å². The van der Waals surface area contributed by atoms with Crippen LogP contribution >= 0.6 is 0 Å². The molecule has 0 bridgehead atoms. The predicted octanol–water partition coefficient (Wildman–Crippen LogP) is 2.86. The molecule has 0 radical (unpaired) electrons. The molecule has 0 spiro atoms. The van der Waals surface area contributed by atoms with E-state index in [0.717, 1.165) is 16.9 Å². The molecule has 0 unspecified atom stereocenters. The Morgan fingerprint density at radius 1 is 1.22 bits per heavy atom. The Bertz CT molecular complexity index is 822. The molecule has 1 aromatic carbocycles. The number of nitrogens with zero attached hydrogens (tertiary/aromatic N) is 2. The highest BCUT2D eigenvalue weighted by atomic mass is 16.5. The maximum atomic E-state index is 12.4. The first-order chi connectivity index (χ1) is 12.9. The van der Waals surface area contributed by atoms with Gasteiger partial charge in [0.05, 0.1) is 0 Å². The summed E-state index contributed by atoms with van der Waals surface area (Å²) in [7, 11) is 0. The van der Waals surface area contributed by atoms with Gasteiger partial charge in [0, 0.05) is 25.1 Å². The Morgan fingerprint density at radius 2 is 1.96 bits per heavy atom. The van der Waals surface area contributed by atoms with Gasteiger partial charge in [-0.25, -0.2) is 0 Å². The molecule has 27 heavy (non-hydrogen) atoms. The van der Waals surface area contributed by atoms with Gasteiger partial charge in [-0.1, -0.05) is 22.9 Å². The molecule has 2 amide bonds. The third-order valence-electron chi connectivity index (χ3n) is 4.78. The summed E-state index contributed by atoms with van der Waals surface area (Å²) in [6.45, 7) is 6.86. The van der Waals surface area contributed by atoms with E-state index in [1.165, 1.54) is 0 Å². The number of benzene rings is 1. The summed E-state index contributed by atoms with van der Waals surface area (Å²) in [6.07, 6.45) is 1.25. The van der Waals surface area contributed by atoms with Crippen molar-refractivity contribution >= 4 is 17.6 Å². The van der Waals surface area contributed by atoms with Gasteiger partial charge < -0.3 is 19.5 Å². The number of rotatable bonds is 5. The summed E-state index contributed by atoms with van der Waals surface area (Å²) < 4.78 is 10.6. The van der Waals surface area contributed by atoms with Crippen LogP contribution < -0.4 is 10.1 Å². The Labute approximate surface area is 158 Å². The van der Waals surface area contributed by atoms with Gasteiger partial charge in [-0.05, 0) is 45.2 Å².